The van der Waals surface area contributed by atoms with Crippen LogP contribution in [0, 0.1) is 0 Å². The van der Waals surface area contributed by atoms with Gasteiger partial charge in [0.05, 0.1) is 12.7 Å². The fourth-order valence-electron chi connectivity index (χ4n) is 0.412. The first-order chi connectivity index (χ1) is 4.27. The highest BCUT2D eigenvalue weighted by atomic mass is 16.5. The van der Waals surface area contributed by atoms with E-state index >= 15 is 0 Å². The van der Waals surface area contributed by atoms with Crippen LogP contribution in [0.15, 0.2) is 12.2 Å². The van der Waals surface area contributed by atoms with E-state index in [0.29, 0.717) is 19.3 Å². The van der Waals surface area contributed by atoms with E-state index in [0.717, 1.165) is 0 Å². The Balaban J connectivity index is 2.99. The standard InChI is InChI=1S/C7H15NO/c1-7(2)9-6-4-3-5-8/h3-4,7H,5-6,8H2,1-2H3/b4-3+. The Kier molecular flexibility index (Phi) is 5.57. The summed E-state index contributed by atoms with van der Waals surface area (Å²) in [5, 5.41) is 0. The third-order valence-electron chi connectivity index (χ3n) is 0.829. The van der Waals surface area contributed by atoms with Crippen LogP contribution >= 0.6 is 0 Å². The molecule has 0 amide bonds. The van der Waals surface area contributed by atoms with Gasteiger partial charge < -0.3 is 10.5 Å². The van der Waals surface area contributed by atoms with Crippen molar-refractivity contribution in [2.24, 2.45) is 5.73 Å². The maximum absolute atomic E-state index is 5.20. The maximum Gasteiger partial charge on any atom is 0.0651 e. The molecule has 2 heteroatoms. The molecule has 0 aromatic carbocycles. The molecular formula is C7H15NO. The highest BCUT2D eigenvalue weighted by Crippen LogP contribution is 1.86. The zero-order valence-corrected chi connectivity index (χ0v) is 6.13. The molecule has 0 atom stereocenters. The van der Waals surface area contributed by atoms with Gasteiger partial charge in [0.2, 0.25) is 0 Å². The molecule has 2 nitrogen and oxygen atoms in total. The minimum atomic E-state index is 0.312. The number of hydrogen-bond acceptors (Lipinski definition) is 2. The summed E-state index contributed by atoms with van der Waals surface area (Å²) in [6.45, 7) is 5.29. The maximum atomic E-state index is 5.20. The highest BCUT2D eigenvalue weighted by Gasteiger charge is 1.86. The summed E-state index contributed by atoms with van der Waals surface area (Å²) in [5.74, 6) is 0. The van der Waals surface area contributed by atoms with Gasteiger partial charge in [0.1, 0.15) is 0 Å². The van der Waals surface area contributed by atoms with Crippen LogP contribution in [0.4, 0.5) is 0 Å². The zero-order valence-electron chi connectivity index (χ0n) is 6.13. The highest BCUT2D eigenvalue weighted by molar-refractivity contribution is 4.81. The van der Waals surface area contributed by atoms with Gasteiger partial charge in [0.25, 0.3) is 0 Å². The van der Waals surface area contributed by atoms with Crippen molar-refractivity contribution in [2.75, 3.05) is 13.2 Å². The molecule has 0 rings (SSSR count). The van der Waals surface area contributed by atoms with Crippen LogP contribution in [0.2, 0.25) is 0 Å². The normalized spacial score (nSPS) is 11.6. The van der Waals surface area contributed by atoms with Crippen molar-refractivity contribution in [2.45, 2.75) is 20.0 Å². The van der Waals surface area contributed by atoms with Crippen LogP contribution < -0.4 is 5.73 Å². The van der Waals surface area contributed by atoms with E-state index in [1.54, 1.807) is 0 Å². The Morgan fingerprint density at radius 1 is 1.44 bits per heavy atom. The Morgan fingerprint density at radius 2 is 2.11 bits per heavy atom. The van der Waals surface area contributed by atoms with Crippen LogP contribution in [-0.4, -0.2) is 19.3 Å². The summed E-state index contributed by atoms with van der Waals surface area (Å²) < 4.78 is 5.20. The van der Waals surface area contributed by atoms with E-state index in [4.69, 9.17) is 10.5 Å². The average molecular weight is 129 g/mol. The molecule has 0 bridgehead atoms. The first-order valence-corrected chi connectivity index (χ1v) is 3.24. The lowest BCUT2D eigenvalue weighted by Crippen LogP contribution is -2.02. The van der Waals surface area contributed by atoms with Gasteiger partial charge in [-0.15, -0.1) is 0 Å². The summed E-state index contributed by atoms with van der Waals surface area (Å²) in [6.07, 6.45) is 4.13. The van der Waals surface area contributed by atoms with Gasteiger partial charge in [-0.05, 0) is 13.8 Å². The lowest BCUT2D eigenvalue weighted by molar-refractivity contribution is 0.102. The van der Waals surface area contributed by atoms with Crippen molar-refractivity contribution in [3.8, 4) is 0 Å². The van der Waals surface area contributed by atoms with Crippen molar-refractivity contribution in [1.29, 1.82) is 0 Å². The number of nitrogens with two attached hydrogens (primary N) is 1. The minimum absolute atomic E-state index is 0.312. The van der Waals surface area contributed by atoms with Crippen LogP contribution in [-0.2, 0) is 4.74 Å². The van der Waals surface area contributed by atoms with Gasteiger partial charge in [-0.25, -0.2) is 0 Å². The summed E-state index contributed by atoms with van der Waals surface area (Å²) in [5.41, 5.74) is 5.20. The quantitative estimate of drug-likeness (QED) is 0.573. The molecule has 0 saturated carbocycles. The Morgan fingerprint density at radius 3 is 2.56 bits per heavy atom. The summed E-state index contributed by atoms with van der Waals surface area (Å²) in [4.78, 5) is 0. The third-order valence-corrected chi connectivity index (χ3v) is 0.829. The van der Waals surface area contributed by atoms with Crippen LogP contribution in [0.5, 0.6) is 0 Å². The van der Waals surface area contributed by atoms with Gasteiger partial charge >= 0.3 is 0 Å². The number of rotatable bonds is 4. The van der Waals surface area contributed by atoms with Crippen LogP contribution in [0.25, 0.3) is 0 Å². The largest absolute Gasteiger partial charge is 0.375 e. The SMILES string of the molecule is CC(C)OC/C=C/CN. The fraction of sp³-hybridized carbons (Fsp3) is 0.714. The van der Waals surface area contributed by atoms with Gasteiger partial charge in [-0.1, -0.05) is 12.2 Å². The van der Waals surface area contributed by atoms with E-state index in [1.807, 2.05) is 26.0 Å². The molecule has 0 aliphatic carbocycles. The molecule has 0 heterocycles. The average Bonchev–Trinajstić information content (AvgIpc) is 1.80. The molecule has 0 saturated heterocycles. The summed E-state index contributed by atoms with van der Waals surface area (Å²) in [6, 6.07) is 0. The Bertz CT molecular complexity index is 79.0. The second kappa shape index (κ2) is 5.79. The Hall–Kier alpha value is -0.340. The molecule has 0 radical (unpaired) electrons. The zero-order chi connectivity index (χ0) is 7.11. The van der Waals surface area contributed by atoms with Crippen molar-refractivity contribution in [3.63, 3.8) is 0 Å². The van der Waals surface area contributed by atoms with Gasteiger partial charge in [-0.3, -0.25) is 0 Å². The van der Waals surface area contributed by atoms with Gasteiger partial charge in [0.15, 0.2) is 0 Å². The van der Waals surface area contributed by atoms with Crippen LogP contribution in [0.1, 0.15) is 13.8 Å². The van der Waals surface area contributed by atoms with Gasteiger partial charge in [0, 0.05) is 6.54 Å². The van der Waals surface area contributed by atoms with E-state index in [9.17, 15) is 0 Å². The molecule has 0 unspecified atom stereocenters. The number of ether oxygens (including phenoxy) is 1. The van der Waals surface area contributed by atoms with Crippen molar-refractivity contribution >= 4 is 0 Å². The third kappa shape index (κ3) is 7.66. The predicted octanol–water partition coefficient (Wildman–Crippen LogP) is 0.926. The molecule has 0 fully saturated rings. The second-order valence-corrected chi connectivity index (χ2v) is 2.09. The molecule has 0 spiro atoms. The van der Waals surface area contributed by atoms with Crippen molar-refractivity contribution in [3.05, 3.63) is 12.2 Å². The molecule has 0 aliphatic rings. The topological polar surface area (TPSA) is 35.2 Å². The molecule has 0 aliphatic heterocycles. The summed E-state index contributed by atoms with van der Waals surface area (Å²) >= 11 is 0. The second-order valence-electron chi connectivity index (χ2n) is 2.09. The molecule has 0 aromatic rings. The molecule has 54 valence electrons. The van der Waals surface area contributed by atoms with Crippen molar-refractivity contribution in [1.82, 2.24) is 0 Å². The van der Waals surface area contributed by atoms with E-state index in [-0.39, 0.29) is 0 Å². The first-order valence-electron chi connectivity index (χ1n) is 3.24. The Labute approximate surface area is 56.7 Å². The lowest BCUT2D eigenvalue weighted by atomic mass is 10.4. The van der Waals surface area contributed by atoms with Gasteiger partial charge in [-0.2, -0.15) is 0 Å². The lowest BCUT2D eigenvalue weighted by Gasteiger charge is -2.02. The number of hydrogen-bond donors (Lipinski definition) is 1. The van der Waals surface area contributed by atoms with E-state index in [1.165, 1.54) is 0 Å². The van der Waals surface area contributed by atoms with Crippen LogP contribution in [0.3, 0.4) is 0 Å². The molecule has 9 heavy (non-hydrogen) atoms. The molecule has 2 N–H and O–H groups in total. The predicted molar refractivity (Wildman–Crippen MR) is 39.3 cm³/mol. The first kappa shape index (κ1) is 8.66. The van der Waals surface area contributed by atoms with E-state index < -0.39 is 0 Å². The molecule has 0 aromatic heterocycles. The smallest absolute Gasteiger partial charge is 0.0651 e. The van der Waals surface area contributed by atoms with Crippen molar-refractivity contribution < 1.29 is 4.74 Å². The van der Waals surface area contributed by atoms with E-state index in [2.05, 4.69) is 0 Å². The molecular weight excluding hydrogens is 114 g/mol. The monoisotopic (exact) mass is 129 g/mol. The summed E-state index contributed by atoms with van der Waals surface area (Å²) in [7, 11) is 0. The minimum Gasteiger partial charge on any atom is -0.375 e. The fourth-order valence-corrected chi connectivity index (χ4v) is 0.412.